The molecule has 178 valence electrons. The molecule has 12 heteroatoms. The van der Waals surface area contributed by atoms with Crippen molar-refractivity contribution in [3.8, 4) is 10.8 Å². The van der Waals surface area contributed by atoms with Crippen LogP contribution in [0.3, 0.4) is 0 Å². The Morgan fingerprint density at radius 1 is 1.12 bits per heavy atom. The van der Waals surface area contributed by atoms with Gasteiger partial charge in [0.05, 0.1) is 11.4 Å². The molecule has 4 aromatic rings. The van der Waals surface area contributed by atoms with Gasteiger partial charge in [0.1, 0.15) is 11.4 Å². The van der Waals surface area contributed by atoms with E-state index in [0.29, 0.717) is 29.4 Å². The van der Waals surface area contributed by atoms with E-state index >= 15 is 0 Å². The Labute approximate surface area is 196 Å². The first-order chi connectivity index (χ1) is 16.4. The third-order valence-corrected chi connectivity index (χ3v) is 5.37. The van der Waals surface area contributed by atoms with Gasteiger partial charge in [-0.2, -0.15) is 0 Å². The number of halogens is 3. The minimum atomic E-state index is -4.74. The second-order valence-corrected chi connectivity index (χ2v) is 7.91. The molecule has 0 saturated carbocycles. The molecule has 4 N–H and O–H groups in total. The van der Waals surface area contributed by atoms with Crippen LogP contribution in [0.1, 0.15) is 5.56 Å². The van der Waals surface area contributed by atoms with Crippen LogP contribution in [-0.2, 0) is 6.54 Å². The number of benzene rings is 1. The predicted molar refractivity (Wildman–Crippen MR) is 123 cm³/mol. The molecule has 34 heavy (non-hydrogen) atoms. The summed E-state index contributed by atoms with van der Waals surface area (Å²) < 4.78 is 46.3. The summed E-state index contributed by atoms with van der Waals surface area (Å²) in [7, 11) is 0. The molecule has 3 heterocycles. The van der Waals surface area contributed by atoms with E-state index in [-0.39, 0.29) is 12.3 Å². The Morgan fingerprint density at radius 2 is 2.00 bits per heavy atom. The normalized spacial score (nSPS) is 11.4. The fraction of sp³-hybridized carbons (Fsp3) is 0.182. The number of anilines is 2. The van der Waals surface area contributed by atoms with Crippen molar-refractivity contribution in [1.82, 2.24) is 20.6 Å². The van der Waals surface area contributed by atoms with E-state index < -0.39 is 12.5 Å². The van der Waals surface area contributed by atoms with Gasteiger partial charge in [-0.15, -0.1) is 24.5 Å². The van der Waals surface area contributed by atoms with Crippen LogP contribution in [0.4, 0.5) is 29.3 Å². The van der Waals surface area contributed by atoms with Gasteiger partial charge in [-0.1, -0.05) is 12.1 Å². The number of rotatable bonds is 9. The molecule has 0 aliphatic rings. The maximum absolute atomic E-state index is 12.3. The Hall–Kier alpha value is -3.77. The lowest BCUT2D eigenvalue weighted by molar-refractivity contribution is -0.274. The molecule has 4 rings (SSSR count). The molecule has 0 aliphatic carbocycles. The number of ether oxygens (including phenoxy) is 2. The number of carbonyl (C=O) groups is 1. The number of aromatic amines is 1. The average molecular weight is 491 g/mol. The number of aromatic nitrogens is 2. The fourth-order valence-corrected chi connectivity index (χ4v) is 3.84. The number of nitrogens with one attached hydrogen (secondary N) is 4. The zero-order chi connectivity index (χ0) is 24.0. The highest BCUT2D eigenvalue weighted by molar-refractivity contribution is 7.12. The summed E-state index contributed by atoms with van der Waals surface area (Å²) in [5.74, 6) is -0.280. The third-order valence-electron chi connectivity index (χ3n) is 4.58. The van der Waals surface area contributed by atoms with Crippen molar-refractivity contribution in [3.63, 3.8) is 0 Å². The van der Waals surface area contributed by atoms with Gasteiger partial charge in [-0.3, -0.25) is 0 Å². The van der Waals surface area contributed by atoms with Crippen LogP contribution < -0.4 is 25.4 Å². The van der Waals surface area contributed by atoms with Gasteiger partial charge in [-0.25, -0.2) is 9.78 Å². The van der Waals surface area contributed by atoms with Crippen molar-refractivity contribution in [2.45, 2.75) is 12.9 Å². The SMILES string of the molecule is O=C(NCCNCc1cccc(OC(F)(F)F)c1)Oc1sccc1Nc1ccnc2[nH]ccc12. The fourth-order valence-electron chi connectivity index (χ4n) is 3.14. The number of amides is 1. The molecule has 0 bridgehead atoms. The van der Waals surface area contributed by atoms with Crippen LogP contribution >= 0.6 is 11.3 Å². The maximum Gasteiger partial charge on any atom is 0.573 e. The number of thiophene rings is 1. The van der Waals surface area contributed by atoms with E-state index in [1.807, 2.05) is 18.2 Å². The molecule has 1 amide bonds. The number of pyridine rings is 1. The van der Waals surface area contributed by atoms with Crippen molar-refractivity contribution in [2.24, 2.45) is 0 Å². The van der Waals surface area contributed by atoms with Crippen molar-refractivity contribution in [1.29, 1.82) is 0 Å². The first kappa shape index (κ1) is 23.4. The van der Waals surface area contributed by atoms with E-state index in [1.54, 1.807) is 23.8 Å². The van der Waals surface area contributed by atoms with Crippen molar-refractivity contribution < 1.29 is 27.4 Å². The molecule has 1 aromatic carbocycles. The zero-order valence-electron chi connectivity index (χ0n) is 17.6. The van der Waals surface area contributed by atoms with E-state index in [1.165, 1.54) is 29.5 Å². The topological polar surface area (TPSA) is 100 Å². The molecule has 0 aliphatic heterocycles. The van der Waals surface area contributed by atoms with E-state index in [4.69, 9.17) is 4.74 Å². The van der Waals surface area contributed by atoms with Gasteiger partial charge < -0.3 is 30.4 Å². The van der Waals surface area contributed by atoms with Crippen LogP contribution in [0, 0.1) is 0 Å². The van der Waals surface area contributed by atoms with Gasteiger partial charge in [0.25, 0.3) is 0 Å². The number of carbonyl (C=O) groups excluding carboxylic acids is 1. The number of nitrogens with zero attached hydrogens (tertiary/aromatic N) is 1. The van der Waals surface area contributed by atoms with Gasteiger partial charge in [0.15, 0.2) is 0 Å². The summed E-state index contributed by atoms with van der Waals surface area (Å²) >= 11 is 1.27. The number of alkyl halides is 3. The molecule has 0 fully saturated rings. The largest absolute Gasteiger partial charge is 0.573 e. The highest BCUT2D eigenvalue weighted by Gasteiger charge is 2.31. The van der Waals surface area contributed by atoms with Gasteiger partial charge >= 0.3 is 12.5 Å². The van der Waals surface area contributed by atoms with Crippen LogP contribution in [0.5, 0.6) is 10.8 Å². The number of hydrogen-bond donors (Lipinski definition) is 4. The number of H-pyrrole nitrogens is 1. The first-order valence-corrected chi connectivity index (χ1v) is 11.0. The predicted octanol–water partition coefficient (Wildman–Crippen LogP) is 5.14. The van der Waals surface area contributed by atoms with Crippen LogP contribution in [-0.4, -0.2) is 35.5 Å². The monoisotopic (exact) mass is 491 g/mol. The first-order valence-electron chi connectivity index (χ1n) is 10.1. The molecular weight excluding hydrogens is 471 g/mol. The number of fused-ring (bicyclic) bond motifs is 1. The van der Waals surface area contributed by atoms with E-state index in [9.17, 15) is 18.0 Å². The Bertz CT molecular complexity index is 1260. The molecular formula is C22H20F3N5O3S. The molecule has 8 nitrogen and oxygen atoms in total. The minimum Gasteiger partial charge on any atom is -0.406 e. The highest BCUT2D eigenvalue weighted by atomic mass is 32.1. The van der Waals surface area contributed by atoms with Gasteiger partial charge in [0, 0.05) is 37.4 Å². The standard InChI is InChI=1S/C22H20F3N5O3S/c23-22(24,25)33-15-3-1-2-14(12-15)13-26-9-10-29-21(31)32-20-18(6-11-34-20)30-17-5-8-28-19-16(17)4-7-27-19/h1-8,11-12,26H,9-10,13H2,(H,29,31)(H2,27,28,30). The van der Waals surface area contributed by atoms with Crippen molar-refractivity contribution in [3.05, 3.63) is 65.8 Å². The van der Waals surface area contributed by atoms with E-state index in [2.05, 4.69) is 30.7 Å². The Balaban J connectivity index is 1.22. The summed E-state index contributed by atoms with van der Waals surface area (Å²) in [6, 6.07) is 11.2. The second-order valence-electron chi connectivity index (χ2n) is 7.03. The zero-order valence-corrected chi connectivity index (χ0v) is 18.4. The molecule has 0 saturated heterocycles. The minimum absolute atomic E-state index is 0.264. The smallest absolute Gasteiger partial charge is 0.406 e. The summed E-state index contributed by atoms with van der Waals surface area (Å²) in [4.78, 5) is 19.5. The molecule has 3 aromatic heterocycles. The maximum atomic E-state index is 12.3. The second kappa shape index (κ2) is 10.4. The summed E-state index contributed by atoms with van der Waals surface area (Å²) in [6.07, 6.45) is -1.88. The lowest BCUT2D eigenvalue weighted by atomic mass is 10.2. The molecule has 0 radical (unpaired) electrons. The summed E-state index contributed by atoms with van der Waals surface area (Å²) in [5, 5.41) is 12.0. The molecule has 0 atom stereocenters. The van der Waals surface area contributed by atoms with Crippen LogP contribution in [0.15, 0.2) is 60.2 Å². The van der Waals surface area contributed by atoms with Crippen LogP contribution in [0.25, 0.3) is 11.0 Å². The lowest BCUT2D eigenvalue weighted by Crippen LogP contribution is -2.33. The van der Waals surface area contributed by atoms with Gasteiger partial charge in [0.2, 0.25) is 5.06 Å². The van der Waals surface area contributed by atoms with Crippen LogP contribution in [0.2, 0.25) is 0 Å². The average Bonchev–Trinajstić information content (AvgIpc) is 3.43. The van der Waals surface area contributed by atoms with Crippen molar-refractivity contribution in [2.75, 3.05) is 18.4 Å². The Morgan fingerprint density at radius 3 is 2.85 bits per heavy atom. The third kappa shape index (κ3) is 6.39. The lowest BCUT2D eigenvalue weighted by Gasteiger charge is -2.11. The Kier molecular flexibility index (Phi) is 7.18. The van der Waals surface area contributed by atoms with E-state index in [0.717, 1.165) is 16.7 Å². The van der Waals surface area contributed by atoms with Gasteiger partial charge in [-0.05, 0) is 41.3 Å². The van der Waals surface area contributed by atoms with Crippen molar-refractivity contribution >= 4 is 39.8 Å². The molecule has 0 spiro atoms. The summed E-state index contributed by atoms with van der Waals surface area (Å²) in [6.45, 7) is 0.960. The highest BCUT2D eigenvalue weighted by Crippen LogP contribution is 2.35. The summed E-state index contributed by atoms with van der Waals surface area (Å²) in [5.41, 5.74) is 2.83. The number of hydrogen-bond acceptors (Lipinski definition) is 7. The molecule has 0 unspecified atom stereocenters. The quantitative estimate of drug-likeness (QED) is 0.242.